The first-order valence-electron chi connectivity index (χ1n) is 5.53. The molecule has 0 heterocycles. The van der Waals surface area contributed by atoms with Crippen molar-refractivity contribution in [2.45, 2.75) is 30.6 Å². The van der Waals surface area contributed by atoms with Crippen LogP contribution in [0.4, 0.5) is 0 Å². The van der Waals surface area contributed by atoms with E-state index in [0.29, 0.717) is 17.7 Å². The van der Waals surface area contributed by atoms with E-state index in [1.165, 1.54) is 0 Å². The van der Waals surface area contributed by atoms with E-state index in [2.05, 4.69) is 0 Å². The van der Waals surface area contributed by atoms with E-state index in [1.54, 1.807) is 30.3 Å². The molecule has 3 nitrogen and oxygen atoms in total. The second kappa shape index (κ2) is 6.66. The summed E-state index contributed by atoms with van der Waals surface area (Å²) in [4.78, 5) is 0.388. The molecule has 0 N–H and O–H groups in total. The van der Waals surface area contributed by atoms with Crippen LogP contribution in [0, 0.1) is 0 Å². The van der Waals surface area contributed by atoms with Crippen molar-refractivity contribution in [3.63, 3.8) is 0 Å². The Balaban J connectivity index is 2.41. The van der Waals surface area contributed by atoms with Crippen molar-refractivity contribution in [1.29, 1.82) is 0 Å². The molecular formula is C12H17O3S. The fourth-order valence-corrected chi connectivity index (χ4v) is 2.89. The molecule has 0 aliphatic heterocycles. The predicted octanol–water partition coefficient (Wildman–Crippen LogP) is 2.45. The van der Waals surface area contributed by atoms with E-state index < -0.39 is 9.84 Å². The van der Waals surface area contributed by atoms with Gasteiger partial charge in [0.25, 0.3) is 0 Å². The topological polar surface area (TPSA) is 54.0 Å². The molecule has 16 heavy (non-hydrogen) atoms. The zero-order valence-corrected chi connectivity index (χ0v) is 10.1. The van der Waals surface area contributed by atoms with Gasteiger partial charge in [-0.25, -0.2) is 13.5 Å². The Morgan fingerprint density at radius 3 is 2.12 bits per heavy atom. The minimum atomic E-state index is -3.13. The minimum Gasteiger partial charge on any atom is -0.237 e. The van der Waals surface area contributed by atoms with Crippen molar-refractivity contribution in [2.75, 3.05) is 12.4 Å². The van der Waals surface area contributed by atoms with Gasteiger partial charge in [-0.05, 0) is 25.0 Å². The molecule has 89 valence electrons. The van der Waals surface area contributed by atoms with Gasteiger partial charge in [-0.3, -0.25) is 0 Å². The van der Waals surface area contributed by atoms with E-state index in [4.69, 9.17) is 0 Å². The zero-order valence-electron chi connectivity index (χ0n) is 9.26. The molecule has 0 fully saturated rings. The van der Waals surface area contributed by atoms with Crippen LogP contribution in [0.2, 0.25) is 0 Å². The van der Waals surface area contributed by atoms with Gasteiger partial charge in [-0.15, -0.1) is 0 Å². The summed E-state index contributed by atoms with van der Waals surface area (Å²) in [7, 11) is -3.13. The zero-order chi connectivity index (χ0) is 11.9. The molecule has 0 atom stereocenters. The molecule has 0 saturated carbocycles. The summed E-state index contributed by atoms with van der Waals surface area (Å²) in [5, 5.41) is 10.2. The maximum Gasteiger partial charge on any atom is 0.178 e. The summed E-state index contributed by atoms with van der Waals surface area (Å²) in [5.74, 6) is 0.176. The molecule has 0 aromatic heterocycles. The molecule has 1 radical (unpaired) electrons. The molecule has 0 aliphatic rings. The summed E-state index contributed by atoms with van der Waals surface area (Å²) in [6, 6.07) is 8.49. The van der Waals surface area contributed by atoms with Crippen molar-refractivity contribution in [1.82, 2.24) is 0 Å². The standard InChI is InChI=1S/C12H17O3S/c13-10-6-1-2-7-11-16(14,15)12-8-4-3-5-9-12/h3-5,8-9H,1-2,6-7,10-11H2. The van der Waals surface area contributed by atoms with Gasteiger partial charge in [0.05, 0.1) is 17.3 Å². The van der Waals surface area contributed by atoms with Crippen LogP contribution >= 0.6 is 0 Å². The van der Waals surface area contributed by atoms with E-state index >= 15 is 0 Å². The molecule has 1 aromatic carbocycles. The first-order valence-corrected chi connectivity index (χ1v) is 7.18. The fraction of sp³-hybridized carbons (Fsp3) is 0.500. The molecule has 1 aromatic rings. The third-order valence-electron chi connectivity index (χ3n) is 2.41. The average molecular weight is 241 g/mol. The van der Waals surface area contributed by atoms with Crippen LogP contribution in [-0.4, -0.2) is 20.8 Å². The van der Waals surface area contributed by atoms with Crippen molar-refractivity contribution < 1.29 is 13.5 Å². The molecular weight excluding hydrogens is 224 g/mol. The first-order chi connectivity index (χ1) is 7.67. The van der Waals surface area contributed by atoms with Crippen LogP contribution in [-0.2, 0) is 14.9 Å². The third kappa shape index (κ3) is 4.33. The summed E-state index contributed by atoms with van der Waals surface area (Å²) in [5.41, 5.74) is 0. The monoisotopic (exact) mass is 241 g/mol. The van der Waals surface area contributed by atoms with Gasteiger partial charge in [-0.1, -0.05) is 31.0 Å². The van der Waals surface area contributed by atoms with Crippen molar-refractivity contribution in [3.8, 4) is 0 Å². The quantitative estimate of drug-likeness (QED) is 0.688. The van der Waals surface area contributed by atoms with Crippen LogP contribution in [0.25, 0.3) is 0 Å². The highest BCUT2D eigenvalue weighted by Crippen LogP contribution is 2.12. The van der Waals surface area contributed by atoms with Crippen LogP contribution in [0.3, 0.4) is 0 Å². The van der Waals surface area contributed by atoms with Crippen molar-refractivity contribution in [3.05, 3.63) is 30.3 Å². The number of hydrogen-bond acceptors (Lipinski definition) is 2. The molecule has 0 bridgehead atoms. The average Bonchev–Trinajstić information content (AvgIpc) is 2.30. The highest BCUT2D eigenvalue weighted by atomic mass is 32.2. The molecule has 0 unspecified atom stereocenters. The second-order valence-electron chi connectivity index (χ2n) is 3.75. The maximum atomic E-state index is 11.8. The number of benzene rings is 1. The highest BCUT2D eigenvalue weighted by molar-refractivity contribution is 7.91. The Labute approximate surface area is 97.0 Å². The summed E-state index contributed by atoms with van der Waals surface area (Å²) in [6.45, 7) is -0.0641. The van der Waals surface area contributed by atoms with Crippen molar-refractivity contribution >= 4 is 9.84 Å². The summed E-state index contributed by atoms with van der Waals surface area (Å²) >= 11 is 0. The number of hydrogen-bond donors (Lipinski definition) is 0. The maximum absolute atomic E-state index is 11.8. The lowest BCUT2D eigenvalue weighted by molar-refractivity contribution is 0.186. The summed E-state index contributed by atoms with van der Waals surface area (Å²) in [6.07, 6.45) is 2.92. The van der Waals surface area contributed by atoms with Gasteiger partial charge >= 0.3 is 0 Å². The Morgan fingerprint density at radius 2 is 1.50 bits per heavy atom. The van der Waals surface area contributed by atoms with Gasteiger partial charge in [0.15, 0.2) is 9.84 Å². The first kappa shape index (κ1) is 13.2. The SMILES string of the molecule is [O]CCCCCCS(=O)(=O)c1ccccc1. The number of rotatable bonds is 7. The largest absolute Gasteiger partial charge is 0.237 e. The van der Waals surface area contributed by atoms with Crippen molar-refractivity contribution in [2.24, 2.45) is 0 Å². The molecule has 0 saturated heterocycles. The Hall–Kier alpha value is -0.870. The molecule has 4 heteroatoms. The predicted molar refractivity (Wildman–Crippen MR) is 62.5 cm³/mol. The molecule has 0 aliphatic carbocycles. The van der Waals surface area contributed by atoms with Gasteiger partial charge in [0, 0.05) is 0 Å². The van der Waals surface area contributed by atoms with Crippen LogP contribution < -0.4 is 0 Å². The summed E-state index contributed by atoms with van der Waals surface area (Å²) < 4.78 is 23.6. The van der Waals surface area contributed by atoms with Gasteiger partial charge < -0.3 is 0 Å². The van der Waals surface area contributed by atoms with Gasteiger partial charge in [0.2, 0.25) is 0 Å². The molecule has 1 rings (SSSR count). The van der Waals surface area contributed by atoms with Crippen LogP contribution in [0.5, 0.6) is 0 Å². The van der Waals surface area contributed by atoms with E-state index in [0.717, 1.165) is 12.8 Å². The Bertz CT molecular complexity index is 384. The number of sulfone groups is 1. The third-order valence-corrected chi connectivity index (χ3v) is 4.23. The molecule has 0 spiro atoms. The van der Waals surface area contributed by atoms with Crippen LogP contribution in [0.15, 0.2) is 35.2 Å². The Morgan fingerprint density at radius 1 is 0.875 bits per heavy atom. The van der Waals surface area contributed by atoms with E-state index in [9.17, 15) is 13.5 Å². The Kier molecular flexibility index (Phi) is 5.49. The lowest BCUT2D eigenvalue weighted by Gasteiger charge is -2.03. The second-order valence-corrected chi connectivity index (χ2v) is 5.86. The minimum absolute atomic E-state index is 0.0641. The van der Waals surface area contributed by atoms with E-state index in [1.807, 2.05) is 0 Å². The van der Waals surface area contributed by atoms with Gasteiger partial charge in [-0.2, -0.15) is 0 Å². The lowest BCUT2D eigenvalue weighted by Crippen LogP contribution is -2.06. The lowest BCUT2D eigenvalue weighted by atomic mass is 10.2. The normalized spacial score (nSPS) is 11.6. The number of unbranched alkanes of at least 4 members (excludes halogenated alkanes) is 3. The smallest absolute Gasteiger partial charge is 0.178 e. The highest BCUT2D eigenvalue weighted by Gasteiger charge is 2.12. The molecule has 0 amide bonds. The van der Waals surface area contributed by atoms with Crippen LogP contribution in [0.1, 0.15) is 25.7 Å². The van der Waals surface area contributed by atoms with E-state index in [-0.39, 0.29) is 12.4 Å². The van der Waals surface area contributed by atoms with Gasteiger partial charge in [0.1, 0.15) is 0 Å². The fourth-order valence-electron chi connectivity index (χ4n) is 1.49.